The van der Waals surface area contributed by atoms with Crippen LogP contribution in [0, 0.1) is 5.82 Å². The van der Waals surface area contributed by atoms with Gasteiger partial charge in [-0.15, -0.1) is 0 Å². The fourth-order valence-electron chi connectivity index (χ4n) is 1.54. The van der Waals surface area contributed by atoms with Crippen LogP contribution in [0.5, 0.6) is 5.75 Å². The molecule has 1 amide bonds. The van der Waals surface area contributed by atoms with Crippen LogP contribution < -0.4 is 10.1 Å². The summed E-state index contributed by atoms with van der Waals surface area (Å²) in [5, 5.41) is 11.3. The number of esters is 1. The summed E-state index contributed by atoms with van der Waals surface area (Å²) in [6.45, 7) is -0.244. The Morgan fingerprint density at radius 1 is 1.33 bits per heavy atom. The third-order valence-corrected chi connectivity index (χ3v) is 2.63. The van der Waals surface area contributed by atoms with E-state index >= 15 is 0 Å². The summed E-state index contributed by atoms with van der Waals surface area (Å²) in [7, 11) is 1.17. The molecule has 21 heavy (non-hydrogen) atoms. The van der Waals surface area contributed by atoms with Gasteiger partial charge in [-0.1, -0.05) is 0 Å². The SMILES string of the molecule is COC(=O)C(CO)NC(=O)CCCOc1ccc(F)cc1. The second kappa shape index (κ2) is 8.91. The molecule has 0 spiro atoms. The van der Waals surface area contributed by atoms with Gasteiger partial charge < -0.3 is 19.9 Å². The fraction of sp³-hybridized carbons (Fsp3) is 0.429. The predicted molar refractivity (Wildman–Crippen MR) is 72.2 cm³/mol. The van der Waals surface area contributed by atoms with Crippen molar-refractivity contribution >= 4 is 11.9 Å². The van der Waals surface area contributed by atoms with Gasteiger partial charge >= 0.3 is 5.97 Å². The minimum absolute atomic E-state index is 0.134. The van der Waals surface area contributed by atoms with Crippen molar-refractivity contribution in [2.24, 2.45) is 0 Å². The number of benzene rings is 1. The first-order chi connectivity index (χ1) is 10.1. The van der Waals surface area contributed by atoms with Crippen LogP contribution in [0.15, 0.2) is 24.3 Å². The lowest BCUT2D eigenvalue weighted by Crippen LogP contribution is -2.44. The quantitative estimate of drug-likeness (QED) is 0.543. The van der Waals surface area contributed by atoms with Crippen molar-refractivity contribution in [1.82, 2.24) is 5.32 Å². The Hall–Kier alpha value is -2.15. The normalized spacial score (nSPS) is 11.6. The Labute approximate surface area is 121 Å². The van der Waals surface area contributed by atoms with E-state index in [0.29, 0.717) is 12.2 Å². The number of hydrogen-bond donors (Lipinski definition) is 2. The number of hydrogen-bond acceptors (Lipinski definition) is 5. The van der Waals surface area contributed by atoms with Crippen LogP contribution in [0.2, 0.25) is 0 Å². The Kier molecular flexibility index (Phi) is 7.17. The van der Waals surface area contributed by atoms with E-state index in [1.54, 1.807) is 0 Å². The van der Waals surface area contributed by atoms with Crippen molar-refractivity contribution in [2.45, 2.75) is 18.9 Å². The highest BCUT2D eigenvalue weighted by Gasteiger charge is 2.19. The standard InChI is InChI=1S/C14H18FNO5/c1-20-14(19)12(9-17)16-13(18)3-2-8-21-11-6-4-10(15)5-7-11/h4-7,12,17H,2-3,8-9H2,1H3,(H,16,18). The van der Waals surface area contributed by atoms with Gasteiger partial charge in [0.15, 0.2) is 6.04 Å². The monoisotopic (exact) mass is 299 g/mol. The molecule has 0 aromatic heterocycles. The summed E-state index contributed by atoms with van der Waals surface area (Å²) in [5.74, 6) is -0.922. The van der Waals surface area contributed by atoms with Crippen LogP contribution in [0.4, 0.5) is 4.39 Å². The number of nitrogens with one attached hydrogen (secondary N) is 1. The summed E-state index contributed by atoms with van der Waals surface area (Å²) < 4.78 is 22.4. The van der Waals surface area contributed by atoms with Crippen molar-refractivity contribution in [3.05, 3.63) is 30.1 Å². The highest BCUT2D eigenvalue weighted by molar-refractivity contribution is 5.84. The van der Waals surface area contributed by atoms with E-state index in [2.05, 4.69) is 10.1 Å². The molecule has 0 saturated carbocycles. The van der Waals surface area contributed by atoms with Crippen LogP contribution in [0.25, 0.3) is 0 Å². The maximum Gasteiger partial charge on any atom is 0.330 e. The van der Waals surface area contributed by atoms with Gasteiger partial charge in [0, 0.05) is 6.42 Å². The van der Waals surface area contributed by atoms with Crippen LogP contribution >= 0.6 is 0 Å². The molecule has 116 valence electrons. The first-order valence-electron chi connectivity index (χ1n) is 6.43. The van der Waals surface area contributed by atoms with E-state index < -0.39 is 18.6 Å². The van der Waals surface area contributed by atoms with E-state index in [1.807, 2.05) is 0 Å². The van der Waals surface area contributed by atoms with E-state index in [1.165, 1.54) is 31.4 Å². The number of carbonyl (C=O) groups is 2. The van der Waals surface area contributed by atoms with Crippen molar-refractivity contribution in [3.63, 3.8) is 0 Å². The molecule has 0 aliphatic heterocycles. The predicted octanol–water partition coefficient (Wildman–Crippen LogP) is 0.635. The Morgan fingerprint density at radius 2 is 2.00 bits per heavy atom. The average molecular weight is 299 g/mol. The lowest BCUT2D eigenvalue weighted by molar-refractivity contribution is -0.146. The molecule has 0 saturated heterocycles. The molecular weight excluding hydrogens is 281 g/mol. The summed E-state index contributed by atoms with van der Waals surface area (Å²) in [4.78, 5) is 22.7. The van der Waals surface area contributed by atoms with Gasteiger partial charge in [0.1, 0.15) is 11.6 Å². The van der Waals surface area contributed by atoms with E-state index in [9.17, 15) is 14.0 Å². The highest BCUT2D eigenvalue weighted by atomic mass is 19.1. The summed E-state index contributed by atoms with van der Waals surface area (Å²) in [5.41, 5.74) is 0. The number of rotatable bonds is 8. The van der Waals surface area contributed by atoms with Crippen molar-refractivity contribution < 1.29 is 28.6 Å². The second-order valence-electron chi connectivity index (χ2n) is 4.23. The Balaban J connectivity index is 2.24. The Morgan fingerprint density at radius 3 is 2.57 bits per heavy atom. The molecule has 2 N–H and O–H groups in total. The van der Waals surface area contributed by atoms with Crippen molar-refractivity contribution in [3.8, 4) is 5.75 Å². The van der Waals surface area contributed by atoms with Crippen LogP contribution in [0.3, 0.4) is 0 Å². The van der Waals surface area contributed by atoms with Gasteiger partial charge in [-0.25, -0.2) is 9.18 Å². The zero-order chi connectivity index (χ0) is 15.7. The lowest BCUT2D eigenvalue weighted by atomic mass is 10.2. The summed E-state index contributed by atoms with van der Waals surface area (Å²) in [6.07, 6.45) is 0.553. The molecule has 0 aliphatic rings. The molecule has 0 bridgehead atoms. The lowest BCUT2D eigenvalue weighted by Gasteiger charge is -2.13. The van der Waals surface area contributed by atoms with Gasteiger partial charge in [0.05, 0.1) is 20.3 Å². The van der Waals surface area contributed by atoms with Crippen molar-refractivity contribution in [2.75, 3.05) is 20.3 Å². The summed E-state index contributed by atoms with van der Waals surface area (Å²) in [6, 6.07) is 4.50. The van der Waals surface area contributed by atoms with Gasteiger partial charge in [-0.05, 0) is 30.7 Å². The minimum atomic E-state index is -1.06. The number of halogens is 1. The third-order valence-electron chi connectivity index (χ3n) is 2.63. The first kappa shape index (κ1) is 16.9. The molecule has 1 aromatic carbocycles. The Bertz CT molecular complexity index is 463. The third kappa shape index (κ3) is 6.22. The molecule has 1 unspecified atom stereocenters. The molecule has 1 atom stereocenters. The maximum atomic E-state index is 12.7. The number of aliphatic hydroxyl groups excluding tert-OH is 1. The van der Waals surface area contributed by atoms with Gasteiger partial charge in [0.2, 0.25) is 5.91 Å². The molecule has 0 radical (unpaired) electrons. The number of amides is 1. The van der Waals surface area contributed by atoms with E-state index in [0.717, 1.165) is 0 Å². The van der Waals surface area contributed by atoms with Crippen molar-refractivity contribution in [1.29, 1.82) is 0 Å². The molecule has 6 nitrogen and oxygen atoms in total. The van der Waals surface area contributed by atoms with Crippen LogP contribution in [0.1, 0.15) is 12.8 Å². The average Bonchev–Trinajstić information content (AvgIpc) is 2.50. The molecule has 7 heteroatoms. The van der Waals surface area contributed by atoms with Gasteiger partial charge in [-0.3, -0.25) is 4.79 Å². The molecule has 0 fully saturated rings. The number of aliphatic hydroxyl groups is 1. The smallest absolute Gasteiger partial charge is 0.330 e. The van der Waals surface area contributed by atoms with Gasteiger partial charge in [-0.2, -0.15) is 0 Å². The molecule has 1 aromatic rings. The van der Waals surface area contributed by atoms with E-state index in [-0.39, 0.29) is 24.8 Å². The maximum absolute atomic E-state index is 12.7. The van der Waals surface area contributed by atoms with Crippen LogP contribution in [-0.4, -0.2) is 43.3 Å². The molecule has 0 heterocycles. The second-order valence-corrected chi connectivity index (χ2v) is 4.23. The largest absolute Gasteiger partial charge is 0.494 e. The highest BCUT2D eigenvalue weighted by Crippen LogP contribution is 2.11. The topological polar surface area (TPSA) is 84.9 Å². The molecular formula is C14H18FNO5. The molecule has 0 aliphatic carbocycles. The number of carbonyl (C=O) groups excluding carboxylic acids is 2. The van der Waals surface area contributed by atoms with Crippen LogP contribution in [-0.2, 0) is 14.3 Å². The minimum Gasteiger partial charge on any atom is -0.494 e. The number of ether oxygens (including phenoxy) is 2. The fourth-order valence-corrected chi connectivity index (χ4v) is 1.54. The summed E-state index contributed by atoms with van der Waals surface area (Å²) >= 11 is 0. The van der Waals surface area contributed by atoms with Gasteiger partial charge in [0.25, 0.3) is 0 Å². The van der Waals surface area contributed by atoms with E-state index in [4.69, 9.17) is 9.84 Å². The first-order valence-corrected chi connectivity index (χ1v) is 6.43. The molecule has 1 rings (SSSR count). The zero-order valence-corrected chi connectivity index (χ0v) is 11.7. The zero-order valence-electron chi connectivity index (χ0n) is 11.7. The number of methoxy groups -OCH3 is 1.